The second-order valence-corrected chi connectivity index (χ2v) is 5.52. The normalized spacial score (nSPS) is 30.4. The van der Waals surface area contributed by atoms with Crippen molar-refractivity contribution < 1.29 is 8.78 Å². The number of fused-ring (bicyclic) bond motifs is 1. The largest absolute Gasteiger partial charge is 0.330 e. The summed E-state index contributed by atoms with van der Waals surface area (Å²) in [5, 5.41) is 8.30. The monoisotopic (exact) mass is 256 g/mol. The van der Waals surface area contributed by atoms with Gasteiger partial charge in [-0.15, -0.1) is 10.2 Å². The first-order valence-electron chi connectivity index (χ1n) is 6.59. The summed E-state index contributed by atoms with van der Waals surface area (Å²) in [5.74, 6) is -0.559. The predicted octanol–water partition coefficient (Wildman–Crippen LogP) is 1.70. The lowest BCUT2D eigenvalue weighted by Crippen LogP contribution is -2.28. The lowest BCUT2D eigenvalue weighted by Gasteiger charge is -2.24. The number of aryl methyl sites for hydroxylation is 1. The lowest BCUT2D eigenvalue weighted by atomic mass is 9.98. The SMILES string of the molecule is NCC1CCc2nnc(C3CCC(F)(F)C3)n2C1. The number of hydrogen-bond donors (Lipinski definition) is 1. The molecule has 100 valence electrons. The van der Waals surface area contributed by atoms with Crippen molar-refractivity contribution in [2.24, 2.45) is 11.7 Å². The molecule has 0 saturated heterocycles. The molecule has 0 spiro atoms. The van der Waals surface area contributed by atoms with Crippen molar-refractivity contribution in [3.63, 3.8) is 0 Å². The van der Waals surface area contributed by atoms with E-state index >= 15 is 0 Å². The van der Waals surface area contributed by atoms with Gasteiger partial charge in [0.1, 0.15) is 11.6 Å². The number of nitrogens with zero attached hydrogens (tertiary/aromatic N) is 3. The molecule has 1 fully saturated rings. The van der Waals surface area contributed by atoms with Gasteiger partial charge in [0.15, 0.2) is 0 Å². The van der Waals surface area contributed by atoms with Crippen LogP contribution in [0.1, 0.15) is 43.3 Å². The second kappa shape index (κ2) is 4.26. The fourth-order valence-corrected chi connectivity index (χ4v) is 3.08. The Morgan fingerprint density at radius 3 is 2.83 bits per heavy atom. The van der Waals surface area contributed by atoms with Crippen molar-refractivity contribution in [1.29, 1.82) is 0 Å². The second-order valence-electron chi connectivity index (χ2n) is 5.52. The summed E-state index contributed by atoms with van der Waals surface area (Å²) >= 11 is 0. The Hall–Kier alpha value is -1.04. The van der Waals surface area contributed by atoms with Gasteiger partial charge in [-0.2, -0.15) is 0 Å². The molecule has 3 rings (SSSR count). The highest BCUT2D eigenvalue weighted by Crippen LogP contribution is 2.44. The fourth-order valence-electron chi connectivity index (χ4n) is 3.08. The van der Waals surface area contributed by atoms with Crippen LogP contribution in [0.25, 0.3) is 0 Å². The molecule has 1 aromatic heterocycles. The minimum Gasteiger partial charge on any atom is -0.330 e. The number of nitrogens with two attached hydrogens (primary N) is 1. The molecule has 0 aromatic carbocycles. The third-order valence-corrected chi connectivity index (χ3v) is 4.18. The summed E-state index contributed by atoms with van der Waals surface area (Å²) < 4.78 is 28.6. The molecular weight excluding hydrogens is 238 g/mol. The Morgan fingerprint density at radius 2 is 2.17 bits per heavy atom. The molecule has 1 aromatic rings. The minimum absolute atomic E-state index is 0.0276. The summed E-state index contributed by atoms with van der Waals surface area (Å²) in [6, 6.07) is 0. The smallest absolute Gasteiger partial charge is 0.248 e. The maximum Gasteiger partial charge on any atom is 0.248 e. The van der Waals surface area contributed by atoms with E-state index in [4.69, 9.17) is 5.73 Å². The van der Waals surface area contributed by atoms with E-state index < -0.39 is 5.92 Å². The summed E-state index contributed by atoms with van der Waals surface area (Å²) in [6.07, 6.45) is 2.28. The quantitative estimate of drug-likeness (QED) is 0.876. The van der Waals surface area contributed by atoms with Crippen molar-refractivity contribution in [1.82, 2.24) is 14.8 Å². The topological polar surface area (TPSA) is 56.7 Å². The maximum absolute atomic E-state index is 13.3. The van der Waals surface area contributed by atoms with Gasteiger partial charge in [-0.25, -0.2) is 8.78 Å². The maximum atomic E-state index is 13.3. The molecule has 2 aliphatic rings. The third kappa shape index (κ3) is 2.02. The molecule has 0 radical (unpaired) electrons. The molecule has 0 bridgehead atoms. The van der Waals surface area contributed by atoms with E-state index in [1.165, 1.54) is 0 Å². The van der Waals surface area contributed by atoms with Gasteiger partial charge in [-0.1, -0.05) is 0 Å². The Morgan fingerprint density at radius 1 is 1.33 bits per heavy atom. The van der Waals surface area contributed by atoms with Gasteiger partial charge in [0.25, 0.3) is 0 Å². The number of aromatic nitrogens is 3. The van der Waals surface area contributed by atoms with E-state index in [0.29, 0.717) is 18.9 Å². The van der Waals surface area contributed by atoms with E-state index in [1.54, 1.807) is 0 Å². The van der Waals surface area contributed by atoms with Crippen LogP contribution in [0.2, 0.25) is 0 Å². The van der Waals surface area contributed by atoms with Crippen LogP contribution in [-0.2, 0) is 13.0 Å². The van der Waals surface area contributed by atoms with E-state index in [-0.39, 0.29) is 18.8 Å². The van der Waals surface area contributed by atoms with E-state index in [9.17, 15) is 8.78 Å². The fraction of sp³-hybridized carbons (Fsp3) is 0.833. The van der Waals surface area contributed by atoms with Crippen molar-refractivity contribution in [3.05, 3.63) is 11.6 Å². The first kappa shape index (κ1) is 12.0. The van der Waals surface area contributed by atoms with Gasteiger partial charge < -0.3 is 10.3 Å². The molecule has 2 heterocycles. The average Bonchev–Trinajstić information content (AvgIpc) is 2.91. The molecule has 1 aliphatic heterocycles. The Balaban J connectivity index is 1.84. The van der Waals surface area contributed by atoms with E-state index in [1.807, 2.05) is 4.57 Å². The van der Waals surface area contributed by atoms with Gasteiger partial charge in [-0.3, -0.25) is 0 Å². The number of hydrogen-bond acceptors (Lipinski definition) is 3. The van der Waals surface area contributed by atoms with Crippen LogP contribution >= 0.6 is 0 Å². The van der Waals surface area contributed by atoms with Crippen LogP contribution in [-0.4, -0.2) is 27.2 Å². The number of alkyl halides is 2. The van der Waals surface area contributed by atoms with Crippen LogP contribution in [0.3, 0.4) is 0 Å². The first-order valence-corrected chi connectivity index (χ1v) is 6.59. The molecule has 6 heteroatoms. The van der Waals surface area contributed by atoms with Crippen molar-refractivity contribution >= 4 is 0 Å². The molecular formula is C12H18F2N4. The zero-order valence-corrected chi connectivity index (χ0v) is 10.3. The highest BCUT2D eigenvalue weighted by Gasteiger charge is 2.42. The standard InChI is InChI=1S/C12H18F2N4/c13-12(14)4-3-9(5-12)11-17-16-10-2-1-8(6-15)7-18(10)11/h8-9H,1-7,15H2. The van der Waals surface area contributed by atoms with Gasteiger partial charge in [-0.05, 0) is 25.3 Å². The average molecular weight is 256 g/mol. The molecule has 1 aliphatic carbocycles. The van der Waals surface area contributed by atoms with Crippen LogP contribution in [0, 0.1) is 5.92 Å². The Labute approximate surface area is 105 Å². The zero-order chi connectivity index (χ0) is 12.8. The highest BCUT2D eigenvalue weighted by molar-refractivity contribution is 5.08. The number of halogens is 2. The lowest BCUT2D eigenvalue weighted by molar-refractivity contribution is 0.00741. The Kier molecular flexibility index (Phi) is 2.84. The van der Waals surface area contributed by atoms with E-state index in [0.717, 1.165) is 31.0 Å². The van der Waals surface area contributed by atoms with Gasteiger partial charge in [0.2, 0.25) is 5.92 Å². The molecule has 2 unspecified atom stereocenters. The highest BCUT2D eigenvalue weighted by atomic mass is 19.3. The summed E-state index contributed by atoms with van der Waals surface area (Å²) in [5.41, 5.74) is 5.70. The zero-order valence-electron chi connectivity index (χ0n) is 10.3. The molecule has 2 N–H and O–H groups in total. The minimum atomic E-state index is -2.53. The first-order chi connectivity index (χ1) is 8.59. The summed E-state index contributed by atoms with van der Waals surface area (Å²) in [6.45, 7) is 1.42. The Bertz CT molecular complexity index is 443. The van der Waals surface area contributed by atoms with Crippen molar-refractivity contribution in [2.75, 3.05) is 6.54 Å². The molecule has 18 heavy (non-hydrogen) atoms. The van der Waals surface area contributed by atoms with Gasteiger partial charge in [0, 0.05) is 31.7 Å². The molecule has 4 nitrogen and oxygen atoms in total. The van der Waals surface area contributed by atoms with Crippen LogP contribution in [0.4, 0.5) is 8.78 Å². The summed E-state index contributed by atoms with van der Waals surface area (Å²) in [4.78, 5) is 0. The van der Waals surface area contributed by atoms with Crippen LogP contribution in [0.15, 0.2) is 0 Å². The van der Waals surface area contributed by atoms with Crippen LogP contribution < -0.4 is 5.73 Å². The van der Waals surface area contributed by atoms with Gasteiger partial charge in [0.05, 0.1) is 0 Å². The predicted molar refractivity (Wildman–Crippen MR) is 62.4 cm³/mol. The third-order valence-electron chi connectivity index (χ3n) is 4.18. The van der Waals surface area contributed by atoms with Gasteiger partial charge >= 0.3 is 0 Å². The van der Waals surface area contributed by atoms with Crippen molar-refractivity contribution in [3.8, 4) is 0 Å². The molecule has 1 saturated carbocycles. The number of rotatable bonds is 2. The molecule has 2 atom stereocenters. The summed E-state index contributed by atoms with van der Waals surface area (Å²) in [7, 11) is 0. The molecule has 0 amide bonds. The van der Waals surface area contributed by atoms with Crippen molar-refractivity contribution in [2.45, 2.75) is 50.5 Å². The van der Waals surface area contributed by atoms with Crippen LogP contribution in [0.5, 0.6) is 0 Å². The van der Waals surface area contributed by atoms with E-state index in [2.05, 4.69) is 10.2 Å².